The van der Waals surface area contributed by atoms with Crippen LogP contribution in [0.2, 0.25) is 0 Å². The second-order valence-electron chi connectivity index (χ2n) is 3.91. The summed E-state index contributed by atoms with van der Waals surface area (Å²) >= 11 is 6.44. The van der Waals surface area contributed by atoms with Crippen molar-refractivity contribution in [3.63, 3.8) is 0 Å². The quantitative estimate of drug-likeness (QED) is 0.600. The van der Waals surface area contributed by atoms with Gasteiger partial charge in [-0.15, -0.1) is 0 Å². The molecule has 0 aliphatic carbocycles. The van der Waals surface area contributed by atoms with E-state index in [0.717, 1.165) is 12.8 Å². The molecule has 0 radical (unpaired) electrons. The van der Waals surface area contributed by atoms with Crippen molar-refractivity contribution >= 4 is 28.9 Å². The van der Waals surface area contributed by atoms with E-state index in [2.05, 4.69) is 38.1 Å². The average Bonchev–Trinajstić information content (AvgIpc) is 2.29. The van der Waals surface area contributed by atoms with E-state index in [4.69, 9.17) is 16.3 Å². The van der Waals surface area contributed by atoms with E-state index < -0.39 is 5.69 Å². The highest BCUT2D eigenvalue weighted by Crippen LogP contribution is 2.57. The maximum Gasteiger partial charge on any atom is 0.245 e. The first-order valence-electron chi connectivity index (χ1n) is 5.71. The molecule has 1 aromatic carbocycles. The molecule has 0 amide bonds. The van der Waals surface area contributed by atoms with Crippen LogP contribution in [0.3, 0.4) is 0 Å². The lowest BCUT2D eigenvalue weighted by Gasteiger charge is -2.14. The smallest absolute Gasteiger partial charge is 0.245 e. The Morgan fingerprint density at radius 2 is 2.00 bits per heavy atom. The third-order valence-electron chi connectivity index (χ3n) is 2.27. The van der Waals surface area contributed by atoms with Gasteiger partial charge in [0.15, 0.2) is 0 Å². The Hall–Kier alpha value is 0.140. The number of aryl methyl sites for hydroxylation is 1. The number of benzene rings is 1. The predicted octanol–water partition coefficient (Wildman–Crippen LogP) is 4.26. The molecule has 0 aromatic heterocycles. The topological polar surface area (TPSA) is 29.5 Å². The lowest BCUT2D eigenvalue weighted by Crippen LogP contribution is -1.90. The predicted molar refractivity (Wildman–Crippen MR) is 79.8 cm³/mol. The zero-order valence-electron chi connectivity index (χ0n) is 10.3. The fourth-order valence-electron chi connectivity index (χ4n) is 1.20. The standard InChI is InChI=1S/C12H19O2PS2/c1-3-4-9-14-15(13,16)17-10-12-7-5-11(2)6-8-12/h5-8H,3-4,9-10H2,1-2H3,(H,13,16). The summed E-state index contributed by atoms with van der Waals surface area (Å²) in [6.45, 7) is 4.70. The Bertz CT molecular complexity index is 379. The lowest BCUT2D eigenvalue weighted by molar-refractivity contribution is 0.312. The summed E-state index contributed by atoms with van der Waals surface area (Å²) in [5.41, 5.74) is -0.243. The minimum atomic E-state index is -2.65. The van der Waals surface area contributed by atoms with Crippen molar-refractivity contribution in [3.05, 3.63) is 35.4 Å². The van der Waals surface area contributed by atoms with Crippen molar-refractivity contribution in [1.82, 2.24) is 0 Å². The summed E-state index contributed by atoms with van der Waals surface area (Å²) in [5, 5.41) is 0. The molecule has 0 saturated carbocycles. The molecule has 0 spiro atoms. The summed E-state index contributed by atoms with van der Waals surface area (Å²) < 4.78 is 5.36. The molecule has 17 heavy (non-hydrogen) atoms. The Balaban J connectivity index is 2.38. The molecule has 1 N–H and O–H groups in total. The van der Waals surface area contributed by atoms with Crippen LogP contribution >= 0.6 is 17.1 Å². The third-order valence-corrected chi connectivity index (χ3v) is 6.51. The molecule has 5 heteroatoms. The van der Waals surface area contributed by atoms with E-state index in [9.17, 15) is 4.89 Å². The van der Waals surface area contributed by atoms with Crippen molar-refractivity contribution in [3.8, 4) is 0 Å². The van der Waals surface area contributed by atoms with Gasteiger partial charge in [-0.1, -0.05) is 54.6 Å². The van der Waals surface area contributed by atoms with Crippen molar-refractivity contribution in [2.45, 2.75) is 32.4 Å². The molecule has 0 saturated heterocycles. The Morgan fingerprint density at radius 3 is 2.59 bits per heavy atom. The van der Waals surface area contributed by atoms with E-state index in [1.165, 1.54) is 22.5 Å². The zero-order valence-corrected chi connectivity index (χ0v) is 12.8. The maximum atomic E-state index is 9.92. The van der Waals surface area contributed by atoms with Crippen LogP contribution in [-0.4, -0.2) is 11.5 Å². The van der Waals surface area contributed by atoms with Crippen LogP contribution in [0.5, 0.6) is 0 Å². The van der Waals surface area contributed by atoms with Gasteiger partial charge in [0.1, 0.15) is 0 Å². The monoisotopic (exact) mass is 290 g/mol. The summed E-state index contributed by atoms with van der Waals surface area (Å²) in [6, 6.07) is 8.25. The maximum absolute atomic E-state index is 9.92. The third kappa shape index (κ3) is 6.58. The summed E-state index contributed by atoms with van der Waals surface area (Å²) in [6.07, 6.45) is 2.00. The SMILES string of the molecule is CCCCOP(O)(=S)SCc1ccc(C)cc1. The summed E-state index contributed by atoms with van der Waals surface area (Å²) in [4.78, 5) is 9.92. The molecule has 1 aromatic rings. The first-order chi connectivity index (χ1) is 8.03. The van der Waals surface area contributed by atoms with E-state index in [1.54, 1.807) is 0 Å². The molecule has 1 atom stereocenters. The van der Waals surface area contributed by atoms with Crippen LogP contribution in [0.15, 0.2) is 24.3 Å². The highest BCUT2D eigenvalue weighted by Gasteiger charge is 2.14. The highest BCUT2D eigenvalue weighted by molar-refractivity contribution is 8.67. The van der Waals surface area contributed by atoms with E-state index >= 15 is 0 Å². The Labute approximate surface area is 113 Å². The molecule has 0 fully saturated rings. The van der Waals surface area contributed by atoms with Gasteiger partial charge in [0.05, 0.1) is 6.61 Å². The normalized spacial score (nSPS) is 14.5. The molecular formula is C12H19O2PS2. The zero-order chi connectivity index (χ0) is 12.7. The van der Waals surface area contributed by atoms with Gasteiger partial charge in [-0.3, -0.25) is 0 Å². The van der Waals surface area contributed by atoms with Gasteiger partial charge in [-0.2, -0.15) is 0 Å². The number of unbranched alkanes of at least 4 members (excludes halogenated alkanes) is 1. The van der Waals surface area contributed by atoms with Crippen LogP contribution in [0.1, 0.15) is 30.9 Å². The minimum absolute atomic E-state index is 0.561. The number of hydrogen-bond donors (Lipinski definition) is 1. The molecule has 0 heterocycles. The number of hydrogen-bond acceptors (Lipinski definition) is 3. The van der Waals surface area contributed by atoms with Gasteiger partial charge < -0.3 is 9.42 Å². The molecule has 1 unspecified atom stereocenters. The van der Waals surface area contributed by atoms with Crippen molar-refractivity contribution < 1.29 is 9.42 Å². The average molecular weight is 290 g/mol. The Morgan fingerprint density at radius 1 is 1.35 bits per heavy atom. The van der Waals surface area contributed by atoms with Crippen molar-refractivity contribution in [1.29, 1.82) is 0 Å². The summed E-state index contributed by atoms with van der Waals surface area (Å²) in [7, 11) is 0. The molecule has 1 rings (SSSR count). The van der Waals surface area contributed by atoms with Gasteiger partial charge in [0, 0.05) is 5.75 Å². The van der Waals surface area contributed by atoms with Gasteiger partial charge in [-0.25, -0.2) is 0 Å². The first kappa shape index (κ1) is 15.2. The van der Waals surface area contributed by atoms with Gasteiger partial charge in [-0.05, 0) is 30.7 Å². The van der Waals surface area contributed by atoms with E-state index in [0.29, 0.717) is 12.4 Å². The highest BCUT2D eigenvalue weighted by atomic mass is 32.9. The molecule has 0 aliphatic rings. The lowest BCUT2D eigenvalue weighted by atomic mass is 10.2. The summed E-state index contributed by atoms with van der Waals surface area (Å²) in [5.74, 6) is 0.709. The van der Waals surface area contributed by atoms with Crippen LogP contribution in [-0.2, 0) is 22.1 Å². The molecule has 0 aliphatic heterocycles. The van der Waals surface area contributed by atoms with Gasteiger partial charge in [0.2, 0.25) is 5.69 Å². The van der Waals surface area contributed by atoms with Gasteiger partial charge >= 0.3 is 0 Å². The Kier molecular flexibility index (Phi) is 6.75. The van der Waals surface area contributed by atoms with Gasteiger partial charge in [0.25, 0.3) is 0 Å². The second kappa shape index (κ2) is 7.55. The fraction of sp³-hybridized carbons (Fsp3) is 0.500. The second-order valence-corrected chi connectivity index (χ2v) is 10.1. The number of rotatable bonds is 7. The molecular weight excluding hydrogens is 271 g/mol. The minimum Gasteiger partial charge on any atom is -0.337 e. The first-order valence-corrected chi connectivity index (χ1v) is 9.97. The largest absolute Gasteiger partial charge is 0.337 e. The van der Waals surface area contributed by atoms with E-state index in [1.807, 2.05) is 0 Å². The fourth-order valence-corrected chi connectivity index (χ4v) is 4.22. The van der Waals surface area contributed by atoms with Crippen LogP contribution in [0, 0.1) is 6.92 Å². The van der Waals surface area contributed by atoms with Crippen molar-refractivity contribution in [2.75, 3.05) is 6.61 Å². The van der Waals surface area contributed by atoms with Crippen LogP contribution < -0.4 is 0 Å². The molecule has 96 valence electrons. The van der Waals surface area contributed by atoms with Crippen LogP contribution in [0.25, 0.3) is 0 Å². The van der Waals surface area contributed by atoms with Crippen molar-refractivity contribution in [2.24, 2.45) is 0 Å². The molecule has 0 bridgehead atoms. The van der Waals surface area contributed by atoms with Crippen LogP contribution in [0.4, 0.5) is 0 Å². The van der Waals surface area contributed by atoms with E-state index in [-0.39, 0.29) is 0 Å². The molecule has 2 nitrogen and oxygen atoms in total.